The Kier molecular flexibility index (Phi) is 4.70. The lowest BCUT2D eigenvalue weighted by Gasteiger charge is -2.14. The molecule has 102 valence electrons. The van der Waals surface area contributed by atoms with Gasteiger partial charge in [-0.25, -0.2) is 0 Å². The molecule has 1 unspecified atom stereocenters. The van der Waals surface area contributed by atoms with Gasteiger partial charge in [-0.15, -0.1) is 0 Å². The minimum Gasteiger partial charge on any atom is -0.495 e. The van der Waals surface area contributed by atoms with Crippen LogP contribution in [0.5, 0.6) is 5.75 Å². The predicted octanol–water partition coefficient (Wildman–Crippen LogP) is 2.81. The Bertz CT molecular complexity index is 605. The number of nitriles is 1. The van der Waals surface area contributed by atoms with Crippen molar-refractivity contribution in [3.63, 3.8) is 0 Å². The molecular formula is C16H17N3O. The normalized spacial score (nSPS) is 11.7. The summed E-state index contributed by atoms with van der Waals surface area (Å²) in [4.78, 5) is 4.01. The number of rotatable bonds is 5. The van der Waals surface area contributed by atoms with Gasteiger partial charge in [0.1, 0.15) is 11.8 Å². The lowest BCUT2D eigenvalue weighted by atomic mass is 10.1. The zero-order chi connectivity index (χ0) is 14.4. The van der Waals surface area contributed by atoms with E-state index in [-0.39, 0.29) is 6.04 Å². The first-order valence-electron chi connectivity index (χ1n) is 6.45. The maximum atomic E-state index is 8.96. The summed E-state index contributed by atoms with van der Waals surface area (Å²) in [6.07, 6.45) is 3.58. The zero-order valence-electron chi connectivity index (χ0n) is 11.6. The molecule has 0 saturated heterocycles. The van der Waals surface area contributed by atoms with Crippen LogP contribution in [0.2, 0.25) is 0 Å². The third-order valence-electron chi connectivity index (χ3n) is 3.20. The Hall–Kier alpha value is -2.38. The molecule has 2 aromatic rings. The summed E-state index contributed by atoms with van der Waals surface area (Å²) >= 11 is 0. The highest BCUT2D eigenvalue weighted by Crippen LogP contribution is 2.20. The van der Waals surface area contributed by atoms with Crippen LogP contribution in [0.25, 0.3) is 0 Å². The van der Waals surface area contributed by atoms with Gasteiger partial charge in [0, 0.05) is 25.0 Å². The van der Waals surface area contributed by atoms with E-state index in [0.717, 1.165) is 5.56 Å². The highest BCUT2D eigenvalue weighted by Gasteiger charge is 2.06. The van der Waals surface area contributed by atoms with E-state index >= 15 is 0 Å². The van der Waals surface area contributed by atoms with E-state index in [0.29, 0.717) is 17.9 Å². The first kappa shape index (κ1) is 14.0. The number of hydrogen-bond donors (Lipinski definition) is 1. The number of pyridine rings is 1. The van der Waals surface area contributed by atoms with Crippen LogP contribution in [0, 0.1) is 11.3 Å². The summed E-state index contributed by atoms with van der Waals surface area (Å²) in [5.41, 5.74) is 2.83. The van der Waals surface area contributed by atoms with Gasteiger partial charge < -0.3 is 10.1 Å². The monoisotopic (exact) mass is 267 g/mol. The third-order valence-corrected chi connectivity index (χ3v) is 3.20. The van der Waals surface area contributed by atoms with Crippen LogP contribution < -0.4 is 10.1 Å². The second-order valence-corrected chi connectivity index (χ2v) is 4.53. The quantitative estimate of drug-likeness (QED) is 0.905. The SMILES string of the molecule is COc1cc(CNC(C)c2ccncc2)ccc1C#N. The van der Waals surface area contributed by atoms with Crippen LogP contribution in [0.3, 0.4) is 0 Å². The van der Waals surface area contributed by atoms with Crippen molar-refractivity contribution in [2.45, 2.75) is 19.5 Å². The third kappa shape index (κ3) is 3.34. The Morgan fingerprint density at radius 1 is 1.30 bits per heavy atom. The molecule has 0 aliphatic heterocycles. The van der Waals surface area contributed by atoms with Gasteiger partial charge in [-0.05, 0) is 42.3 Å². The fraction of sp³-hybridized carbons (Fsp3) is 0.250. The Morgan fingerprint density at radius 2 is 2.05 bits per heavy atom. The molecule has 20 heavy (non-hydrogen) atoms. The van der Waals surface area contributed by atoms with E-state index in [4.69, 9.17) is 10.00 Å². The minimum atomic E-state index is 0.236. The molecule has 2 rings (SSSR count). The summed E-state index contributed by atoms with van der Waals surface area (Å²) in [6, 6.07) is 12.0. The molecule has 1 aromatic heterocycles. The van der Waals surface area contributed by atoms with Crippen molar-refractivity contribution in [2.24, 2.45) is 0 Å². The maximum Gasteiger partial charge on any atom is 0.136 e. The molecule has 0 amide bonds. The summed E-state index contributed by atoms with van der Waals surface area (Å²) in [5, 5.41) is 12.4. The number of hydrogen-bond acceptors (Lipinski definition) is 4. The Labute approximate surface area is 119 Å². The van der Waals surface area contributed by atoms with Crippen LogP contribution in [0.4, 0.5) is 0 Å². The molecule has 0 spiro atoms. The Morgan fingerprint density at radius 3 is 2.70 bits per heavy atom. The van der Waals surface area contributed by atoms with Gasteiger partial charge in [-0.3, -0.25) is 4.98 Å². The number of nitrogens with zero attached hydrogens (tertiary/aromatic N) is 2. The summed E-state index contributed by atoms with van der Waals surface area (Å²) < 4.78 is 5.21. The van der Waals surface area contributed by atoms with Gasteiger partial charge in [0.25, 0.3) is 0 Å². The minimum absolute atomic E-state index is 0.236. The van der Waals surface area contributed by atoms with Gasteiger partial charge >= 0.3 is 0 Å². The highest BCUT2D eigenvalue weighted by molar-refractivity contribution is 5.45. The van der Waals surface area contributed by atoms with Crippen LogP contribution in [0.15, 0.2) is 42.7 Å². The van der Waals surface area contributed by atoms with Crippen molar-refractivity contribution in [3.05, 3.63) is 59.4 Å². The fourth-order valence-electron chi connectivity index (χ4n) is 1.98. The second-order valence-electron chi connectivity index (χ2n) is 4.53. The molecule has 1 N–H and O–H groups in total. The van der Waals surface area contributed by atoms with Crippen molar-refractivity contribution >= 4 is 0 Å². The van der Waals surface area contributed by atoms with Gasteiger partial charge in [0.2, 0.25) is 0 Å². The molecular weight excluding hydrogens is 250 g/mol. The van der Waals surface area contributed by atoms with E-state index in [1.165, 1.54) is 5.56 Å². The molecule has 0 bridgehead atoms. The topological polar surface area (TPSA) is 57.9 Å². The maximum absolute atomic E-state index is 8.96. The zero-order valence-corrected chi connectivity index (χ0v) is 11.6. The van der Waals surface area contributed by atoms with Gasteiger partial charge in [-0.2, -0.15) is 5.26 Å². The molecule has 0 fully saturated rings. The number of nitrogens with one attached hydrogen (secondary N) is 1. The standard InChI is InChI=1S/C16H17N3O/c1-12(14-5-7-18-8-6-14)19-11-13-3-4-15(10-17)16(9-13)20-2/h3-9,12,19H,11H2,1-2H3. The van der Waals surface area contributed by atoms with Crippen molar-refractivity contribution in [1.29, 1.82) is 5.26 Å². The van der Waals surface area contributed by atoms with Gasteiger partial charge in [0.15, 0.2) is 0 Å². The molecule has 4 heteroatoms. The predicted molar refractivity (Wildman–Crippen MR) is 77.2 cm³/mol. The second kappa shape index (κ2) is 6.69. The van der Waals surface area contributed by atoms with Crippen molar-refractivity contribution in [2.75, 3.05) is 7.11 Å². The first-order chi connectivity index (χ1) is 9.74. The van der Waals surface area contributed by atoms with Crippen molar-refractivity contribution < 1.29 is 4.74 Å². The van der Waals surface area contributed by atoms with E-state index in [1.54, 1.807) is 25.6 Å². The number of ether oxygens (including phenoxy) is 1. The Balaban J connectivity index is 2.03. The average molecular weight is 267 g/mol. The molecule has 4 nitrogen and oxygen atoms in total. The number of aromatic nitrogens is 1. The van der Waals surface area contributed by atoms with Crippen LogP contribution in [-0.4, -0.2) is 12.1 Å². The van der Waals surface area contributed by atoms with E-state index in [1.807, 2.05) is 24.3 Å². The summed E-state index contributed by atoms with van der Waals surface area (Å²) in [7, 11) is 1.58. The molecule has 0 aliphatic carbocycles. The van der Waals surface area contributed by atoms with E-state index in [2.05, 4.69) is 23.3 Å². The molecule has 0 radical (unpaired) electrons. The van der Waals surface area contributed by atoms with Crippen LogP contribution in [-0.2, 0) is 6.54 Å². The van der Waals surface area contributed by atoms with E-state index in [9.17, 15) is 0 Å². The molecule has 0 aliphatic rings. The summed E-state index contributed by atoms with van der Waals surface area (Å²) in [5.74, 6) is 0.614. The van der Waals surface area contributed by atoms with Crippen LogP contribution >= 0.6 is 0 Å². The largest absolute Gasteiger partial charge is 0.495 e. The highest BCUT2D eigenvalue weighted by atomic mass is 16.5. The number of methoxy groups -OCH3 is 1. The van der Waals surface area contributed by atoms with Gasteiger partial charge in [0.05, 0.1) is 12.7 Å². The molecule has 1 heterocycles. The summed E-state index contributed by atoms with van der Waals surface area (Å²) in [6.45, 7) is 2.82. The van der Waals surface area contributed by atoms with Gasteiger partial charge in [-0.1, -0.05) is 6.07 Å². The fourth-order valence-corrected chi connectivity index (χ4v) is 1.98. The molecule has 1 aromatic carbocycles. The average Bonchev–Trinajstić information content (AvgIpc) is 2.53. The van der Waals surface area contributed by atoms with Crippen molar-refractivity contribution in [3.8, 4) is 11.8 Å². The van der Waals surface area contributed by atoms with Crippen LogP contribution in [0.1, 0.15) is 29.7 Å². The molecule has 1 atom stereocenters. The van der Waals surface area contributed by atoms with E-state index < -0.39 is 0 Å². The number of benzene rings is 1. The van der Waals surface area contributed by atoms with Crippen molar-refractivity contribution in [1.82, 2.24) is 10.3 Å². The first-order valence-corrected chi connectivity index (χ1v) is 6.45. The lowest BCUT2D eigenvalue weighted by Crippen LogP contribution is -2.18. The smallest absolute Gasteiger partial charge is 0.136 e. The lowest BCUT2D eigenvalue weighted by molar-refractivity contribution is 0.412. The molecule has 0 saturated carbocycles.